The van der Waals surface area contributed by atoms with E-state index in [-0.39, 0.29) is 25.3 Å². The monoisotopic (exact) mass is 670 g/mol. The predicted octanol–water partition coefficient (Wildman–Crippen LogP) is 3.46. The van der Waals surface area contributed by atoms with Crippen molar-refractivity contribution < 1.29 is 38.8 Å². The minimum atomic E-state index is -1.46. The number of amides is 2. The second-order valence-electron chi connectivity index (χ2n) is 14.0. The fraction of sp³-hybridized carbons (Fsp3) is 0.588. The van der Waals surface area contributed by atoms with Crippen LogP contribution < -0.4 is 20.1 Å². The number of aliphatic hydroxyl groups excluding tert-OH is 1. The van der Waals surface area contributed by atoms with E-state index in [1.54, 1.807) is 51.9 Å². The zero-order valence-corrected chi connectivity index (χ0v) is 28.6. The molecule has 2 aliphatic heterocycles. The standard InChI is InChI=1S/C34H46N4O8S/c1-32(2,3)46-31(43)36-26-29(40)38-19-23(45-28-24-12-11-22(44-6)16-20(24)13-14-35-28)17-25(38)27(39)37-34(30(41)42)18-21(34)10-8-7-9-15-47-33(26,4)5/h8,10-14,16,21,23,25-26,31,36,43H,7,9,15,17-19H2,1-6H3,(H,37,39)(H,41,42)/b10-8-/t21-,23-,25+,26-,31?,34-/m1/s1. The van der Waals surface area contributed by atoms with Gasteiger partial charge in [-0.1, -0.05) is 12.2 Å². The number of allylic oxidation sites excluding steroid dienone is 1. The smallest absolute Gasteiger partial charge is 0.330 e. The molecule has 4 N–H and O–H groups in total. The van der Waals surface area contributed by atoms with Crippen molar-refractivity contribution in [2.75, 3.05) is 19.4 Å². The van der Waals surface area contributed by atoms with Crippen LogP contribution in [0.4, 0.5) is 0 Å². The Bertz CT molecular complexity index is 1530. The van der Waals surface area contributed by atoms with Crippen LogP contribution in [0, 0.1) is 5.92 Å². The largest absolute Gasteiger partial charge is 0.497 e. The van der Waals surface area contributed by atoms with E-state index < -0.39 is 58.3 Å². The summed E-state index contributed by atoms with van der Waals surface area (Å²) in [4.78, 5) is 46.9. The molecule has 13 heteroatoms. The molecule has 47 heavy (non-hydrogen) atoms. The number of hydrogen-bond donors (Lipinski definition) is 4. The summed E-state index contributed by atoms with van der Waals surface area (Å²) in [5, 5.41) is 28.4. The zero-order chi connectivity index (χ0) is 34.1. The van der Waals surface area contributed by atoms with Gasteiger partial charge in [0.25, 0.3) is 0 Å². The Morgan fingerprint density at radius 3 is 2.70 bits per heavy atom. The number of ether oxygens (including phenoxy) is 3. The number of carboxylic acids is 1. The average molecular weight is 671 g/mol. The molecule has 256 valence electrons. The van der Waals surface area contributed by atoms with Gasteiger partial charge in [0.05, 0.1) is 19.3 Å². The first-order valence-corrected chi connectivity index (χ1v) is 17.0. The van der Waals surface area contributed by atoms with Crippen LogP contribution in [0.3, 0.4) is 0 Å². The van der Waals surface area contributed by atoms with E-state index in [2.05, 4.69) is 15.6 Å². The second kappa shape index (κ2) is 13.6. The molecule has 2 aromatic rings. The molecule has 12 nitrogen and oxygen atoms in total. The molecule has 1 aromatic carbocycles. The quantitative estimate of drug-likeness (QED) is 0.252. The molecule has 1 aliphatic carbocycles. The minimum absolute atomic E-state index is 0.0453. The first-order valence-electron chi connectivity index (χ1n) is 16.0. The Kier molecular flexibility index (Phi) is 10.1. The molecule has 2 amide bonds. The minimum Gasteiger partial charge on any atom is -0.497 e. The highest BCUT2D eigenvalue weighted by molar-refractivity contribution is 8.00. The highest BCUT2D eigenvalue weighted by Crippen LogP contribution is 2.45. The van der Waals surface area contributed by atoms with Gasteiger partial charge in [0.1, 0.15) is 29.5 Å². The number of carboxylic acid groups (broad SMARTS) is 1. The molecule has 6 atom stereocenters. The second-order valence-corrected chi connectivity index (χ2v) is 15.7. The fourth-order valence-electron chi connectivity index (χ4n) is 6.28. The SMILES string of the molecule is COc1ccc2c(O[C@@H]3C[C@H]4C(=O)N[C@]5(C(=O)O)C[C@H]5/C=C\CCCSC(C)(C)[C@H](NC(O)OC(C)(C)C)C(=O)N4C3)nccc2c1. The summed E-state index contributed by atoms with van der Waals surface area (Å²) >= 11 is 1.58. The van der Waals surface area contributed by atoms with Crippen LogP contribution >= 0.6 is 11.8 Å². The molecule has 3 heterocycles. The van der Waals surface area contributed by atoms with Gasteiger partial charge >= 0.3 is 5.97 Å². The van der Waals surface area contributed by atoms with Gasteiger partial charge in [-0.2, -0.15) is 11.8 Å². The first kappa shape index (κ1) is 34.9. The highest BCUT2D eigenvalue weighted by atomic mass is 32.2. The summed E-state index contributed by atoms with van der Waals surface area (Å²) < 4.78 is 16.7. The van der Waals surface area contributed by atoms with E-state index in [0.717, 1.165) is 29.4 Å². The number of hydrogen-bond acceptors (Lipinski definition) is 10. The third-order valence-corrected chi connectivity index (χ3v) is 10.4. The number of thioether (sulfide) groups is 1. The van der Waals surface area contributed by atoms with Crippen molar-refractivity contribution in [1.29, 1.82) is 0 Å². The van der Waals surface area contributed by atoms with Gasteiger partial charge in [0, 0.05) is 28.7 Å². The summed E-state index contributed by atoms with van der Waals surface area (Å²) in [5.74, 6) is -0.693. The molecule has 2 fully saturated rings. The molecule has 1 saturated heterocycles. The highest BCUT2D eigenvalue weighted by Gasteiger charge is 2.61. The van der Waals surface area contributed by atoms with E-state index in [9.17, 15) is 24.6 Å². The fourth-order valence-corrected chi connectivity index (χ4v) is 7.45. The van der Waals surface area contributed by atoms with Gasteiger partial charge in [-0.15, -0.1) is 0 Å². The maximum absolute atomic E-state index is 14.6. The van der Waals surface area contributed by atoms with Crippen LogP contribution in [0.1, 0.15) is 60.3 Å². The number of nitrogens with zero attached hydrogens (tertiary/aromatic N) is 2. The molecule has 3 aliphatic rings. The molecular weight excluding hydrogens is 624 g/mol. The normalized spacial score (nSPS) is 29.5. The molecule has 1 saturated carbocycles. The Morgan fingerprint density at radius 2 is 2.00 bits per heavy atom. The summed E-state index contributed by atoms with van der Waals surface area (Å²) in [6.07, 6.45) is 5.29. The van der Waals surface area contributed by atoms with Crippen molar-refractivity contribution in [2.45, 2.75) is 101 Å². The van der Waals surface area contributed by atoms with Crippen molar-refractivity contribution in [3.05, 3.63) is 42.6 Å². The van der Waals surface area contributed by atoms with Gasteiger partial charge in [-0.25, -0.2) is 9.78 Å². The van der Waals surface area contributed by atoms with Crippen LogP contribution in [0.5, 0.6) is 11.6 Å². The van der Waals surface area contributed by atoms with Crippen LogP contribution in [0.2, 0.25) is 0 Å². The summed E-state index contributed by atoms with van der Waals surface area (Å²) in [6.45, 7) is 9.29. The Labute approximate surface area is 279 Å². The van der Waals surface area contributed by atoms with Crippen molar-refractivity contribution in [1.82, 2.24) is 20.5 Å². The topological polar surface area (TPSA) is 160 Å². The maximum atomic E-state index is 14.6. The average Bonchev–Trinajstić information content (AvgIpc) is 3.53. The number of carbonyl (C=O) groups excluding carboxylic acids is 2. The molecule has 0 bridgehead atoms. The molecule has 0 radical (unpaired) electrons. The third-order valence-electron chi connectivity index (χ3n) is 8.88. The molecule has 5 rings (SSSR count). The summed E-state index contributed by atoms with van der Waals surface area (Å²) in [6, 6.07) is 5.36. The lowest BCUT2D eigenvalue weighted by atomic mass is 10.0. The number of aliphatic carboxylic acids is 1. The van der Waals surface area contributed by atoms with E-state index in [4.69, 9.17) is 14.2 Å². The lowest BCUT2D eigenvalue weighted by molar-refractivity contribution is -0.189. The van der Waals surface area contributed by atoms with E-state index in [1.807, 2.05) is 44.2 Å². The number of rotatable bonds is 7. The van der Waals surface area contributed by atoms with Gasteiger partial charge in [-0.05, 0) is 89.3 Å². The van der Waals surface area contributed by atoms with Crippen molar-refractivity contribution >= 4 is 40.3 Å². The van der Waals surface area contributed by atoms with Gasteiger partial charge < -0.3 is 34.6 Å². The van der Waals surface area contributed by atoms with Crippen LogP contribution in [-0.2, 0) is 19.1 Å². The molecule has 1 unspecified atom stereocenters. The lowest BCUT2D eigenvalue weighted by Gasteiger charge is -2.39. The number of aliphatic hydroxyl groups is 1. The number of carbonyl (C=O) groups is 3. The van der Waals surface area contributed by atoms with Crippen LogP contribution in [-0.4, -0.2) is 97.8 Å². The van der Waals surface area contributed by atoms with Crippen LogP contribution in [0.25, 0.3) is 10.8 Å². The Hall–Kier alpha value is -3.39. The van der Waals surface area contributed by atoms with E-state index in [1.165, 1.54) is 4.90 Å². The van der Waals surface area contributed by atoms with Gasteiger partial charge in [0.2, 0.25) is 24.1 Å². The number of nitrogens with one attached hydrogen (secondary N) is 2. The first-order chi connectivity index (χ1) is 22.1. The van der Waals surface area contributed by atoms with Crippen molar-refractivity contribution in [2.24, 2.45) is 5.92 Å². The van der Waals surface area contributed by atoms with E-state index in [0.29, 0.717) is 11.6 Å². The third kappa shape index (κ3) is 7.85. The Morgan fingerprint density at radius 1 is 1.23 bits per heavy atom. The molecule has 1 aromatic heterocycles. The number of benzene rings is 1. The molecular formula is C34H46N4O8S. The number of fused-ring (bicyclic) bond motifs is 3. The summed E-state index contributed by atoms with van der Waals surface area (Å²) in [5.41, 5.74) is -2.13. The number of pyridine rings is 1. The number of methoxy groups -OCH3 is 1. The van der Waals surface area contributed by atoms with E-state index >= 15 is 0 Å². The maximum Gasteiger partial charge on any atom is 0.330 e. The van der Waals surface area contributed by atoms with Crippen molar-refractivity contribution in [3.63, 3.8) is 0 Å². The van der Waals surface area contributed by atoms with Crippen molar-refractivity contribution in [3.8, 4) is 11.6 Å². The van der Waals surface area contributed by atoms with Crippen LogP contribution in [0.15, 0.2) is 42.6 Å². The van der Waals surface area contributed by atoms with Gasteiger partial charge in [-0.3, -0.25) is 14.9 Å². The Balaban J connectivity index is 1.49. The van der Waals surface area contributed by atoms with Gasteiger partial charge in [0.15, 0.2) is 0 Å². The number of aromatic nitrogens is 1. The molecule has 0 spiro atoms. The zero-order valence-electron chi connectivity index (χ0n) is 27.8. The predicted molar refractivity (Wildman–Crippen MR) is 178 cm³/mol. The summed E-state index contributed by atoms with van der Waals surface area (Å²) in [7, 11) is 1.59. The lowest BCUT2D eigenvalue weighted by Crippen LogP contribution is -2.62.